The number of aromatic nitrogens is 1. The van der Waals surface area contributed by atoms with E-state index in [1.807, 2.05) is 0 Å². The summed E-state index contributed by atoms with van der Waals surface area (Å²) in [6, 6.07) is 7.32. The van der Waals surface area contributed by atoms with Crippen molar-refractivity contribution in [3.8, 4) is 0 Å². The second-order valence-corrected chi connectivity index (χ2v) is 9.18. The molecule has 0 radical (unpaired) electrons. The molecule has 2 heterocycles. The van der Waals surface area contributed by atoms with Gasteiger partial charge in [0.05, 0.1) is 9.95 Å². The molecule has 0 N–H and O–H groups in total. The SMILES string of the molecule is O=[N+]([O-])c1ccc(Sc2ccc(S(=O)(=O)N3CCCCC3)cn2)c(Cl)c1. The van der Waals surface area contributed by atoms with Gasteiger partial charge < -0.3 is 0 Å². The lowest BCUT2D eigenvalue weighted by molar-refractivity contribution is -0.384. The first-order valence-electron chi connectivity index (χ1n) is 7.96. The third-order valence-electron chi connectivity index (χ3n) is 4.00. The molecule has 7 nitrogen and oxygen atoms in total. The highest BCUT2D eigenvalue weighted by Gasteiger charge is 2.26. The highest BCUT2D eigenvalue weighted by atomic mass is 35.5. The van der Waals surface area contributed by atoms with Gasteiger partial charge in [0.25, 0.3) is 5.69 Å². The lowest BCUT2D eigenvalue weighted by Crippen LogP contribution is -2.35. The molecule has 1 aromatic carbocycles. The van der Waals surface area contributed by atoms with Crippen molar-refractivity contribution in [3.05, 3.63) is 51.7 Å². The van der Waals surface area contributed by atoms with Gasteiger partial charge in [0, 0.05) is 36.3 Å². The summed E-state index contributed by atoms with van der Waals surface area (Å²) in [5, 5.41) is 11.6. The maximum absolute atomic E-state index is 12.6. The topological polar surface area (TPSA) is 93.4 Å². The Hall–Kier alpha value is -1.68. The Morgan fingerprint density at radius 3 is 2.46 bits per heavy atom. The van der Waals surface area contributed by atoms with Crippen molar-refractivity contribution in [2.45, 2.75) is 34.1 Å². The van der Waals surface area contributed by atoms with E-state index in [1.165, 1.54) is 40.5 Å². The molecule has 0 saturated carbocycles. The maximum Gasteiger partial charge on any atom is 0.270 e. The number of sulfonamides is 1. The van der Waals surface area contributed by atoms with Crippen molar-refractivity contribution in [3.63, 3.8) is 0 Å². The van der Waals surface area contributed by atoms with Crippen LogP contribution in [0.3, 0.4) is 0 Å². The van der Waals surface area contributed by atoms with E-state index in [4.69, 9.17) is 11.6 Å². The van der Waals surface area contributed by atoms with Crippen LogP contribution in [0.15, 0.2) is 51.3 Å². The minimum absolute atomic E-state index is 0.0877. The van der Waals surface area contributed by atoms with Gasteiger partial charge in [-0.15, -0.1) is 0 Å². The van der Waals surface area contributed by atoms with E-state index in [0.717, 1.165) is 19.3 Å². The molecular weight excluding hydrogens is 398 g/mol. The third-order valence-corrected chi connectivity index (χ3v) is 7.34. The van der Waals surface area contributed by atoms with Crippen molar-refractivity contribution >= 4 is 39.1 Å². The van der Waals surface area contributed by atoms with Crippen LogP contribution in [-0.4, -0.2) is 35.7 Å². The molecule has 0 amide bonds. The zero-order valence-corrected chi connectivity index (χ0v) is 16.1. The molecule has 3 rings (SSSR count). The van der Waals surface area contributed by atoms with Gasteiger partial charge in [-0.25, -0.2) is 13.4 Å². The van der Waals surface area contributed by atoms with E-state index in [1.54, 1.807) is 12.1 Å². The Balaban J connectivity index is 1.76. The zero-order chi connectivity index (χ0) is 18.7. The van der Waals surface area contributed by atoms with Crippen molar-refractivity contribution in [2.24, 2.45) is 0 Å². The maximum atomic E-state index is 12.6. The van der Waals surface area contributed by atoms with E-state index >= 15 is 0 Å². The number of rotatable bonds is 5. The van der Waals surface area contributed by atoms with Gasteiger partial charge in [0.15, 0.2) is 0 Å². The second kappa shape index (κ2) is 7.91. The first kappa shape index (κ1) is 19.1. The Labute approximate surface area is 160 Å². The largest absolute Gasteiger partial charge is 0.270 e. The lowest BCUT2D eigenvalue weighted by Gasteiger charge is -2.25. The molecule has 26 heavy (non-hydrogen) atoms. The Morgan fingerprint density at radius 1 is 1.15 bits per heavy atom. The number of nitrogens with zero attached hydrogens (tertiary/aromatic N) is 3. The average molecular weight is 414 g/mol. The molecule has 0 aliphatic carbocycles. The molecule has 0 atom stereocenters. The molecule has 1 aliphatic rings. The molecule has 1 saturated heterocycles. The van der Waals surface area contributed by atoms with Crippen LogP contribution < -0.4 is 0 Å². The van der Waals surface area contributed by atoms with Crippen LogP contribution in [0.25, 0.3) is 0 Å². The van der Waals surface area contributed by atoms with Crippen LogP contribution in [0.1, 0.15) is 19.3 Å². The minimum atomic E-state index is -3.51. The summed E-state index contributed by atoms with van der Waals surface area (Å²) < 4.78 is 26.7. The predicted molar refractivity (Wildman–Crippen MR) is 99.1 cm³/mol. The standard InChI is InChI=1S/C16H16ClN3O4S2/c17-14-10-12(20(21)22)4-6-15(14)25-16-7-5-13(11-18-16)26(23,24)19-8-2-1-3-9-19/h4-7,10-11H,1-3,8-9H2. The van der Waals surface area contributed by atoms with E-state index in [0.29, 0.717) is 23.0 Å². The number of hydrogen-bond donors (Lipinski definition) is 0. The fraction of sp³-hybridized carbons (Fsp3) is 0.312. The van der Waals surface area contributed by atoms with E-state index in [9.17, 15) is 18.5 Å². The Morgan fingerprint density at radius 2 is 1.88 bits per heavy atom. The number of benzene rings is 1. The summed E-state index contributed by atoms with van der Waals surface area (Å²) >= 11 is 7.29. The van der Waals surface area contributed by atoms with Crippen LogP contribution in [-0.2, 0) is 10.0 Å². The molecule has 1 aliphatic heterocycles. The normalized spacial score (nSPS) is 15.7. The average Bonchev–Trinajstić information content (AvgIpc) is 2.64. The smallest absolute Gasteiger partial charge is 0.258 e. The van der Waals surface area contributed by atoms with Crippen molar-refractivity contribution in [2.75, 3.05) is 13.1 Å². The molecular formula is C16H16ClN3O4S2. The summed E-state index contributed by atoms with van der Waals surface area (Å²) in [6.07, 6.45) is 4.14. The second-order valence-electron chi connectivity index (χ2n) is 5.77. The number of nitro groups is 1. The molecule has 10 heteroatoms. The summed E-state index contributed by atoms with van der Waals surface area (Å²) in [4.78, 5) is 15.2. The fourth-order valence-electron chi connectivity index (χ4n) is 2.63. The number of pyridine rings is 1. The first-order valence-corrected chi connectivity index (χ1v) is 10.6. The zero-order valence-electron chi connectivity index (χ0n) is 13.7. The summed E-state index contributed by atoms with van der Waals surface area (Å²) in [5.41, 5.74) is -0.0877. The lowest BCUT2D eigenvalue weighted by atomic mass is 10.2. The Kier molecular flexibility index (Phi) is 5.81. The first-order chi connectivity index (χ1) is 12.4. The van der Waals surface area contributed by atoms with Gasteiger partial charge in [-0.1, -0.05) is 29.8 Å². The number of halogens is 1. The monoisotopic (exact) mass is 413 g/mol. The van der Waals surface area contributed by atoms with Gasteiger partial charge in [-0.3, -0.25) is 10.1 Å². The molecule has 2 aromatic rings. The molecule has 138 valence electrons. The number of piperidine rings is 1. The molecule has 1 aromatic heterocycles. The van der Waals surface area contributed by atoms with Crippen LogP contribution >= 0.6 is 23.4 Å². The van der Waals surface area contributed by atoms with E-state index in [-0.39, 0.29) is 15.6 Å². The summed E-state index contributed by atoms with van der Waals surface area (Å²) in [7, 11) is -3.51. The fourth-order valence-corrected chi connectivity index (χ4v) is 5.15. The number of hydrogen-bond acceptors (Lipinski definition) is 6. The van der Waals surface area contributed by atoms with Gasteiger partial charge in [0.1, 0.15) is 9.92 Å². The highest BCUT2D eigenvalue weighted by molar-refractivity contribution is 7.99. The molecule has 0 spiro atoms. The summed E-state index contributed by atoms with van der Waals surface area (Å²) in [6.45, 7) is 1.08. The third kappa shape index (κ3) is 4.17. The van der Waals surface area contributed by atoms with E-state index in [2.05, 4.69) is 4.98 Å². The summed E-state index contributed by atoms with van der Waals surface area (Å²) in [5.74, 6) is 0. The number of non-ortho nitro benzene ring substituents is 1. The van der Waals surface area contributed by atoms with Gasteiger partial charge >= 0.3 is 0 Å². The predicted octanol–water partition coefficient (Wildman–Crippen LogP) is 3.97. The minimum Gasteiger partial charge on any atom is -0.258 e. The van der Waals surface area contributed by atoms with Crippen molar-refractivity contribution in [1.29, 1.82) is 0 Å². The van der Waals surface area contributed by atoms with Crippen LogP contribution in [0.2, 0.25) is 5.02 Å². The van der Waals surface area contributed by atoms with Crippen molar-refractivity contribution in [1.82, 2.24) is 9.29 Å². The van der Waals surface area contributed by atoms with Gasteiger partial charge in [-0.2, -0.15) is 4.31 Å². The number of nitro benzene ring substituents is 1. The van der Waals surface area contributed by atoms with Crippen molar-refractivity contribution < 1.29 is 13.3 Å². The van der Waals surface area contributed by atoms with Crippen LogP contribution in [0, 0.1) is 10.1 Å². The highest BCUT2D eigenvalue weighted by Crippen LogP contribution is 2.34. The quantitative estimate of drug-likeness (QED) is 0.543. The van der Waals surface area contributed by atoms with Crippen LogP contribution in [0.4, 0.5) is 5.69 Å². The Bertz CT molecular complexity index is 914. The van der Waals surface area contributed by atoms with Crippen LogP contribution in [0.5, 0.6) is 0 Å². The molecule has 1 fully saturated rings. The molecule has 0 bridgehead atoms. The van der Waals surface area contributed by atoms with E-state index < -0.39 is 14.9 Å². The van der Waals surface area contributed by atoms with Gasteiger partial charge in [0.2, 0.25) is 10.0 Å². The molecule has 0 unspecified atom stereocenters. The van der Waals surface area contributed by atoms with Gasteiger partial charge in [-0.05, 0) is 31.0 Å².